The van der Waals surface area contributed by atoms with Crippen molar-refractivity contribution in [2.45, 2.75) is 44.1 Å². The summed E-state index contributed by atoms with van der Waals surface area (Å²) in [7, 11) is 1.60. The number of hydrogen-bond acceptors (Lipinski definition) is 3. The number of Topliss-reactive ketones (excluding diaryl/α,β-unsaturated/α-hetero) is 1. The maximum atomic E-state index is 12.0. The number of methoxy groups -OCH3 is 1. The zero-order valence-electron chi connectivity index (χ0n) is 10.8. The number of ether oxygens (including phenoxy) is 1. The van der Waals surface area contributed by atoms with Gasteiger partial charge in [-0.2, -0.15) is 0 Å². The average Bonchev–Trinajstić information content (AvgIpc) is 2.83. The van der Waals surface area contributed by atoms with E-state index in [0.29, 0.717) is 18.4 Å². The second-order valence-corrected chi connectivity index (χ2v) is 5.08. The summed E-state index contributed by atoms with van der Waals surface area (Å²) in [5, 5.41) is 10.2. The molecule has 0 atom stereocenters. The maximum Gasteiger partial charge on any atom is 0.162 e. The lowest BCUT2D eigenvalue weighted by Gasteiger charge is -2.21. The first-order valence-corrected chi connectivity index (χ1v) is 6.53. The quantitative estimate of drug-likeness (QED) is 0.815. The zero-order chi connectivity index (χ0) is 13.0. The van der Waals surface area contributed by atoms with Gasteiger partial charge in [0.1, 0.15) is 5.75 Å². The van der Waals surface area contributed by atoms with Crippen molar-refractivity contribution in [3.8, 4) is 5.75 Å². The standard InChI is InChI=1S/C15H20O3/c1-18-13-6-4-12(5-7-13)14(16)8-11-15(17)9-2-3-10-15/h4-7,17H,2-3,8-11H2,1H3. The topological polar surface area (TPSA) is 46.5 Å². The fourth-order valence-corrected chi connectivity index (χ4v) is 2.55. The number of hydrogen-bond donors (Lipinski definition) is 1. The van der Waals surface area contributed by atoms with Gasteiger partial charge in [0.15, 0.2) is 5.78 Å². The van der Waals surface area contributed by atoms with Crippen LogP contribution in [-0.4, -0.2) is 23.6 Å². The van der Waals surface area contributed by atoms with Crippen molar-refractivity contribution in [2.24, 2.45) is 0 Å². The summed E-state index contributed by atoms with van der Waals surface area (Å²) in [6.07, 6.45) is 4.83. The molecule has 2 rings (SSSR count). The Morgan fingerprint density at radius 2 is 1.89 bits per heavy atom. The molecule has 1 aromatic rings. The van der Waals surface area contributed by atoms with Crippen LogP contribution in [0.1, 0.15) is 48.9 Å². The minimum atomic E-state index is -0.595. The molecule has 0 spiro atoms. The van der Waals surface area contributed by atoms with Crippen molar-refractivity contribution in [1.29, 1.82) is 0 Å². The smallest absolute Gasteiger partial charge is 0.162 e. The predicted octanol–water partition coefficient (Wildman–Crippen LogP) is 2.96. The SMILES string of the molecule is COc1ccc(C(=O)CCC2(O)CCCC2)cc1. The molecule has 0 amide bonds. The summed E-state index contributed by atoms with van der Waals surface area (Å²) in [6.45, 7) is 0. The molecule has 0 aromatic heterocycles. The van der Waals surface area contributed by atoms with Gasteiger partial charge in [-0.3, -0.25) is 4.79 Å². The van der Waals surface area contributed by atoms with Crippen LogP contribution in [0, 0.1) is 0 Å². The third kappa shape index (κ3) is 3.10. The van der Waals surface area contributed by atoms with E-state index in [-0.39, 0.29) is 5.78 Å². The van der Waals surface area contributed by atoms with E-state index >= 15 is 0 Å². The summed E-state index contributed by atoms with van der Waals surface area (Å²) >= 11 is 0. The van der Waals surface area contributed by atoms with Gasteiger partial charge in [-0.1, -0.05) is 12.8 Å². The zero-order valence-corrected chi connectivity index (χ0v) is 10.8. The molecule has 0 radical (unpaired) electrons. The van der Waals surface area contributed by atoms with Crippen LogP contribution in [0.15, 0.2) is 24.3 Å². The Hall–Kier alpha value is -1.35. The van der Waals surface area contributed by atoms with Gasteiger partial charge < -0.3 is 9.84 Å². The Morgan fingerprint density at radius 1 is 1.28 bits per heavy atom. The molecule has 18 heavy (non-hydrogen) atoms. The monoisotopic (exact) mass is 248 g/mol. The number of benzene rings is 1. The Morgan fingerprint density at radius 3 is 2.44 bits per heavy atom. The number of ketones is 1. The Kier molecular flexibility index (Phi) is 4.02. The molecule has 1 aromatic carbocycles. The van der Waals surface area contributed by atoms with Crippen molar-refractivity contribution < 1.29 is 14.6 Å². The Balaban J connectivity index is 1.90. The van der Waals surface area contributed by atoms with Crippen molar-refractivity contribution in [3.05, 3.63) is 29.8 Å². The molecule has 1 fully saturated rings. The first-order valence-electron chi connectivity index (χ1n) is 6.53. The summed E-state index contributed by atoms with van der Waals surface area (Å²) in [4.78, 5) is 12.0. The predicted molar refractivity (Wildman–Crippen MR) is 70.0 cm³/mol. The van der Waals surface area contributed by atoms with Crippen molar-refractivity contribution >= 4 is 5.78 Å². The maximum absolute atomic E-state index is 12.0. The van der Waals surface area contributed by atoms with Gasteiger partial charge >= 0.3 is 0 Å². The van der Waals surface area contributed by atoms with E-state index in [0.717, 1.165) is 31.4 Å². The fourth-order valence-electron chi connectivity index (χ4n) is 2.55. The lowest BCUT2D eigenvalue weighted by atomic mass is 9.93. The molecule has 0 unspecified atom stereocenters. The highest BCUT2D eigenvalue weighted by molar-refractivity contribution is 5.96. The summed E-state index contributed by atoms with van der Waals surface area (Å²) in [6, 6.07) is 7.13. The average molecular weight is 248 g/mol. The van der Waals surface area contributed by atoms with Crippen LogP contribution in [0.4, 0.5) is 0 Å². The van der Waals surface area contributed by atoms with E-state index < -0.39 is 5.60 Å². The molecular formula is C15H20O3. The van der Waals surface area contributed by atoms with Crippen molar-refractivity contribution in [3.63, 3.8) is 0 Å². The highest BCUT2D eigenvalue weighted by Crippen LogP contribution is 2.33. The van der Waals surface area contributed by atoms with E-state index in [2.05, 4.69) is 0 Å². The van der Waals surface area contributed by atoms with E-state index in [4.69, 9.17) is 4.74 Å². The molecule has 3 nitrogen and oxygen atoms in total. The fraction of sp³-hybridized carbons (Fsp3) is 0.533. The van der Waals surface area contributed by atoms with Crippen LogP contribution in [0.2, 0.25) is 0 Å². The highest BCUT2D eigenvalue weighted by Gasteiger charge is 2.31. The van der Waals surface area contributed by atoms with Crippen LogP contribution in [0.5, 0.6) is 5.75 Å². The molecule has 0 heterocycles. The third-order valence-corrected chi connectivity index (χ3v) is 3.76. The molecule has 0 aliphatic heterocycles. The number of aliphatic hydroxyl groups is 1. The van der Waals surface area contributed by atoms with Gasteiger partial charge in [-0.15, -0.1) is 0 Å². The van der Waals surface area contributed by atoms with Crippen LogP contribution >= 0.6 is 0 Å². The number of carbonyl (C=O) groups is 1. The highest BCUT2D eigenvalue weighted by atomic mass is 16.5. The van der Waals surface area contributed by atoms with Gasteiger partial charge in [-0.25, -0.2) is 0 Å². The molecule has 1 saturated carbocycles. The first kappa shape index (κ1) is 13.1. The Labute approximate surface area is 108 Å². The van der Waals surface area contributed by atoms with Crippen LogP contribution in [0.25, 0.3) is 0 Å². The molecular weight excluding hydrogens is 228 g/mol. The molecule has 0 bridgehead atoms. The van der Waals surface area contributed by atoms with Crippen molar-refractivity contribution in [1.82, 2.24) is 0 Å². The van der Waals surface area contributed by atoms with Gasteiger partial charge in [0.05, 0.1) is 12.7 Å². The lowest BCUT2D eigenvalue weighted by molar-refractivity contribution is 0.0358. The summed E-state index contributed by atoms with van der Waals surface area (Å²) < 4.78 is 5.05. The molecule has 0 saturated heterocycles. The second kappa shape index (κ2) is 5.53. The molecule has 3 heteroatoms. The van der Waals surface area contributed by atoms with E-state index in [1.54, 1.807) is 31.4 Å². The van der Waals surface area contributed by atoms with Gasteiger partial charge in [0, 0.05) is 12.0 Å². The van der Waals surface area contributed by atoms with Crippen molar-refractivity contribution in [2.75, 3.05) is 7.11 Å². The summed E-state index contributed by atoms with van der Waals surface area (Å²) in [5.41, 5.74) is 0.0969. The third-order valence-electron chi connectivity index (χ3n) is 3.76. The minimum absolute atomic E-state index is 0.0954. The Bertz CT molecular complexity index is 402. The van der Waals surface area contributed by atoms with Crippen LogP contribution in [-0.2, 0) is 0 Å². The van der Waals surface area contributed by atoms with Gasteiger partial charge in [0.2, 0.25) is 0 Å². The van der Waals surface area contributed by atoms with E-state index in [1.165, 1.54) is 0 Å². The molecule has 98 valence electrons. The van der Waals surface area contributed by atoms with Crippen LogP contribution in [0.3, 0.4) is 0 Å². The van der Waals surface area contributed by atoms with Crippen LogP contribution < -0.4 is 4.74 Å². The van der Waals surface area contributed by atoms with E-state index in [9.17, 15) is 9.90 Å². The minimum Gasteiger partial charge on any atom is -0.497 e. The largest absolute Gasteiger partial charge is 0.497 e. The van der Waals surface area contributed by atoms with E-state index in [1.807, 2.05) is 0 Å². The number of rotatable bonds is 5. The van der Waals surface area contributed by atoms with Gasteiger partial charge in [-0.05, 0) is 43.5 Å². The summed E-state index contributed by atoms with van der Waals surface area (Å²) in [5.74, 6) is 0.846. The number of carbonyl (C=O) groups excluding carboxylic acids is 1. The normalized spacial score (nSPS) is 17.7. The molecule has 1 aliphatic carbocycles. The molecule has 1 aliphatic rings. The lowest BCUT2D eigenvalue weighted by Crippen LogP contribution is -2.24. The second-order valence-electron chi connectivity index (χ2n) is 5.08. The molecule has 1 N–H and O–H groups in total. The first-order chi connectivity index (χ1) is 8.63. The van der Waals surface area contributed by atoms with Gasteiger partial charge in [0.25, 0.3) is 0 Å².